The molecule has 0 aliphatic carbocycles. The molecule has 1 unspecified atom stereocenters. The highest BCUT2D eigenvalue weighted by Gasteiger charge is 2.06. The van der Waals surface area contributed by atoms with E-state index in [1.807, 2.05) is 19.1 Å². The van der Waals surface area contributed by atoms with Crippen molar-refractivity contribution in [2.24, 2.45) is 11.7 Å². The largest absolute Gasteiger partial charge is 0.369 e. The quantitative estimate of drug-likeness (QED) is 0.585. The molecule has 2 heteroatoms. The Kier molecular flexibility index (Phi) is 4.29. The lowest BCUT2D eigenvalue weighted by molar-refractivity contribution is -0.120. The summed E-state index contributed by atoms with van der Waals surface area (Å²) in [6, 6.07) is 0. The Bertz CT molecular complexity index is 149. The summed E-state index contributed by atoms with van der Waals surface area (Å²) >= 11 is 0. The van der Waals surface area contributed by atoms with Gasteiger partial charge >= 0.3 is 0 Å². The Balaban J connectivity index is 3.83. The number of carbonyl (C=O) groups excluding carboxylic acids is 1. The fourth-order valence-electron chi connectivity index (χ4n) is 0.611. The molecule has 0 aromatic rings. The van der Waals surface area contributed by atoms with Crippen LogP contribution in [-0.2, 0) is 4.79 Å². The Hall–Kier alpha value is -1.05. The van der Waals surface area contributed by atoms with Crippen molar-refractivity contribution in [1.29, 1.82) is 0 Å². The predicted molar refractivity (Wildman–Crippen MR) is 42.3 cm³/mol. The molecule has 0 rings (SSSR count). The summed E-state index contributed by atoms with van der Waals surface area (Å²) in [4.78, 5) is 10.6. The Morgan fingerprint density at radius 3 is 2.70 bits per heavy atom. The number of amides is 1. The highest BCUT2D eigenvalue weighted by Crippen LogP contribution is 2.03. The van der Waals surface area contributed by atoms with Crippen molar-refractivity contribution in [2.75, 3.05) is 0 Å². The molecule has 0 saturated heterocycles. The van der Waals surface area contributed by atoms with Gasteiger partial charge in [-0.25, -0.2) is 0 Å². The van der Waals surface area contributed by atoms with Gasteiger partial charge in [-0.15, -0.1) is 6.58 Å². The minimum Gasteiger partial charge on any atom is -0.369 e. The molecule has 0 radical (unpaired) electrons. The summed E-state index contributed by atoms with van der Waals surface area (Å²) in [6.45, 7) is 5.40. The third-order valence-electron chi connectivity index (χ3n) is 1.28. The predicted octanol–water partition coefficient (Wildman–Crippen LogP) is 1.24. The van der Waals surface area contributed by atoms with Crippen LogP contribution in [0.3, 0.4) is 0 Å². The van der Waals surface area contributed by atoms with Crippen LogP contribution in [0.15, 0.2) is 24.8 Å². The number of primary amides is 1. The van der Waals surface area contributed by atoms with E-state index in [1.165, 1.54) is 0 Å². The fourth-order valence-corrected chi connectivity index (χ4v) is 0.611. The maximum absolute atomic E-state index is 10.6. The molecule has 1 atom stereocenters. The number of hydrogen-bond acceptors (Lipinski definition) is 1. The monoisotopic (exact) mass is 139 g/mol. The smallest absolute Gasteiger partial charge is 0.224 e. The summed E-state index contributed by atoms with van der Waals surface area (Å²) in [5.41, 5.74) is 5.04. The summed E-state index contributed by atoms with van der Waals surface area (Å²) in [6.07, 6.45) is 6.02. The van der Waals surface area contributed by atoms with Crippen molar-refractivity contribution in [3.05, 3.63) is 24.8 Å². The first-order chi connectivity index (χ1) is 4.72. The van der Waals surface area contributed by atoms with Gasteiger partial charge in [0.2, 0.25) is 5.91 Å². The minimum atomic E-state index is -0.312. The SMILES string of the molecule is C=CC(C/C=C\C)C(N)=O. The van der Waals surface area contributed by atoms with E-state index in [1.54, 1.807) is 6.08 Å². The van der Waals surface area contributed by atoms with Crippen molar-refractivity contribution in [3.63, 3.8) is 0 Å². The van der Waals surface area contributed by atoms with Crippen molar-refractivity contribution >= 4 is 5.91 Å². The van der Waals surface area contributed by atoms with Gasteiger partial charge in [0.05, 0.1) is 5.92 Å². The molecule has 56 valence electrons. The summed E-state index contributed by atoms with van der Waals surface area (Å²) in [7, 11) is 0. The Morgan fingerprint density at radius 1 is 1.80 bits per heavy atom. The lowest BCUT2D eigenvalue weighted by atomic mass is 10.1. The van der Waals surface area contributed by atoms with Crippen molar-refractivity contribution < 1.29 is 4.79 Å². The minimum absolute atomic E-state index is 0.212. The van der Waals surface area contributed by atoms with Gasteiger partial charge in [0.25, 0.3) is 0 Å². The molecule has 2 N–H and O–H groups in total. The lowest BCUT2D eigenvalue weighted by Crippen LogP contribution is -2.20. The molecule has 0 saturated carbocycles. The second-order valence-corrected chi connectivity index (χ2v) is 2.05. The molecule has 0 aromatic carbocycles. The normalized spacial score (nSPS) is 13.3. The molecule has 10 heavy (non-hydrogen) atoms. The zero-order valence-corrected chi connectivity index (χ0v) is 6.21. The van der Waals surface area contributed by atoms with E-state index in [0.29, 0.717) is 6.42 Å². The van der Waals surface area contributed by atoms with Gasteiger partial charge in [-0.1, -0.05) is 18.2 Å². The van der Waals surface area contributed by atoms with Crippen LogP contribution in [0.5, 0.6) is 0 Å². The van der Waals surface area contributed by atoms with Crippen molar-refractivity contribution in [3.8, 4) is 0 Å². The maximum atomic E-state index is 10.6. The van der Waals surface area contributed by atoms with Gasteiger partial charge in [-0.05, 0) is 13.3 Å². The molecule has 0 bridgehead atoms. The number of nitrogens with two attached hydrogens (primary N) is 1. The van der Waals surface area contributed by atoms with Gasteiger partial charge in [0.1, 0.15) is 0 Å². The highest BCUT2D eigenvalue weighted by atomic mass is 16.1. The first kappa shape index (κ1) is 8.95. The number of hydrogen-bond donors (Lipinski definition) is 1. The fraction of sp³-hybridized carbons (Fsp3) is 0.375. The van der Waals surface area contributed by atoms with E-state index >= 15 is 0 Å². The standard InChI is InChI=1S/C8H13NO/c1-3-5-6-7(4-2)8(9)10/h3-5,7H,2,6H2,1H3,(H2,9,10)/b5-3-. The van der Waals surface area contributed by atoms with E-state index in [0.717, 1.165) is 0 Å². The van der Waals surface area contributed by atoms with Gasteiger partial charge < -0.3 is 5.73 Å². The number of allylic oxidation sites excluding steroid dienone is 2. The average molecular weight is 139 g/mol. The molecule has 0 fully saturated rings. The van der Waals surface area contributed by atoms with Crippen LogP contribution in [0.4, 0.5) is 0 Å². The van der Waals surface area contributed by atoms with E-state index in [4.69, 9.17) is 5.73 Å². The lowest BCUT2D eigenvalue weighted by Gasteiger charge is -2.01. The Morgan fingerprint density at radius 2 is 2.40 bits per heavy atom. The van der Waals surface area contributed by atoms with Crippen LogP contribution in [0.2, 0.25) is 0 Å². The molecule has 1 amide bonds. The van der Waals surface area contributed by atoms with Gasteiger partial charge in [0, 0.05) is 0 Å². The summed E-state index contributed by atoms with van der Waals surface area (Å²) in [5.74, 6) is -0.524. The molecule has 0 aromatic heterocycles. The van der Waals surface area contributed by atoms with Crippen LogP contribution < -0.4 is 5.73 Å². The van der Waals surface area contributed by atoms with Gasteiger partial charge in [-0.3, -0.25) is 4.79 Å². The molecule has 0 heterocycles. The van der Waals surface area contributed by atoms with Crippen LogP contribution in [0.25, 0.3) is 0 Å². The van der Waals surface area contributed by atoms with Crippen LogP contribution in [-0.4, -0.2) is 5.91 Å². The first-order valence-corrected chi connectivity index (χ1v) is 3.25. The first-order valence-electron chi connectivity index (χ1n) is 3.25. The number of rotatable bonds is 4. The van der Waals surface area contributed by atoms with Gasteiger partial charge in [0.15, 0.2) is 0 Å². The molecule has 0 spiro atoms. The Labute approximate surface area is 61.4 Å². The molecular formula is C8H13NO. The van der Waals surface area contributed by atoms with Crippen molar-refractivity contribution in [2.45, 2.75) is 13.3 Å². The molecule has 0 aliphatic rings. The van der Waals surface area contributed by atoms with Crippen LogP contribution in [0.1, 0.15) is 13.3 Å². The second kappa shape index (κ2) is 4.79. The highest BCUT2D eigenvalue weighted by molar-refractivity contribution is 5.78. The van der Waals surface area contributed by atoms with Gasteiger partial charge in [-0.2, -0.15) is 0 Å². The topological polar surface area (TPSA) is 43.1 Å². The molecular weight excluding hydrogens is 126 g/mol. The maximum Gasteiger partial charge on any atom is 0.224 e. The number of carbonyl (C=O) groups is 1. The third kappa shape index (κ3) is 3.07. The summed E-state index contributed by atoms with van der Waals surface area (Å²) in [5, 5.41) is 0. The molecule has 2 nitrogen and oxygen atoms in total. The van der Waals surface area contributed by atoms with E-state index in [-0.39, 0.29) is 11.8 Å². The van der Waals surface area contributed by atoms with E-state index in [9.17, 15) is 4.79 Å². The van der Waals surface area contributed by atoms with E-state index < -0.39 is 0 Å². The second-order valence-electron chi connectivity index (χ2n) is 2.05. The third-order valence-corrected chi connectivity index (χ3v) is 1.28. The molecule has 0 aliphatic heterocycles. The average Bonchev–Trinajstić information content (AvgIpc) is 1.89. The van der Waals surface area contributed by atoms with Crippen LogP contribution in [0, 0.1) is 5.92 Å². The zero-order valence-electron chi connectivity index (χ0n) is 6.21. The zero-order chi connectivity index (χ0) is 7.98. The van der Waals surface area contributed by atoms with Crippen molar-refractivity contribution in [1.82, 2.24) is 0 Å². The van der Waals surface area contributed by atoms with Crippen LogP contribution >= 0.6 is 0 Å². The van der Waals surface area contributed by atoms with E-state index in [2.05, 4.69) is 6.58 Å². The summed E-state index contributed by atoms with van der Waals surface area (Å²) < 4.78 is 0.